The summed E-state index contributed by atoms with van der Waals surface area (Å²) in [5.41, 5.74) is -0.225. The second kappa shape index (κ2) is 7.23. The van der Waals surface area contributed by atoms with E-state index in [0.717, 1.165) is 9.88 Å². The molecule has 0 saturated heterocycles. The van der Waals surface area contributed by atoms with Gasteiger partial charge in [0.05, 0.1) is 16.0 Å². The van der Waals surface area contributed by atoms with Gasteiger partial charge in [-0.25, -0.2) is 9.78 Å². The number of nitrogens with one attached hydrogen (secondary N) is 1. The van der Waals surface area contributed by atoms with Gasteiger partial charge in [0.2, 0.25) is 5.91 Å². The summed E-state index contributed by atoms with van der Waals surface area (Å²) < 4.78 is 0. The van der Waals surface area contributed by atoms with E-state index in [9.17, 15) is 14.7 Å². The van der Waals surface area contributed by atoms with E-state index in [0.29, 0.717) is 18.5 Å². The standard InChI is InChI=1S/C16H20N2O3S2/c1-4-6-10(14(19)20)17-15(21)16(2,3)12-9-23-13(18-12)11-7-5-8-22-11/h5,7-10H,4,6H2,1-3H3,(H,17,21)(H,19,20). The van der Waals surface area contributed by atoms with E-state index in [1.54, 1.807) is 25.2 Å². The van der Waals surface area contributed by atoms with Gasteiger partial charge in [0, 0.05) is 5.38 Å². The van der Waals surface area contributed by atoms with Crippen LogP contribution in [-0.2, 0) is 15.0 Å². The third-order valence-corrected chi connectivity index (χ3v) is 5.51. The van der Waals surface area contributed by atoms with Crippen LogP contribution in [0.5, 0.6) is 0 Å². The van der Waals surface area contributed by atoms with Crippen molar-refractivity contribution in [1.29, 1.82) is 0 Å². The monoisotopic (exact) mass is 352 g/mol. The van der Waals surface area contributed by atoms with Crippen molar-refractivity contribution in [1.82, 2.24) is 10.3 Å². The Morgan fingerprint density at radius 1 is 1.39 bits per heavy atom. The molecule has 2 N–H and O–H groups in total. The first-order valence-electron chi connectivity index (χ1n) is 7.40. The van der Waals surface area contributed by atoms with Crippen LogP contribution < -0.4 is 5.32 Å². The van der Waals surface area contributed by atoms with Crippen LogP contribution in [0.4, 0.5) is 0 Å². The van der Waals surface area contributed by atoms with Gasteiger partial charge in [-0.3, -0.25) is 4.79 Å². The Hall–Kier alpha value is -1.73. The number of hydrogen-bond acceptors (Lipinski definition) is 5. The van der Waals surface area contributed by atoms with Crippen molar-refractivity contribution in [2.45, 2.75) is 45.1 Å². The number of amides is 1. The van der Waals surface area contributed by atoms with Crippen LogP contribution in [0.15, 0.2) is 22.9 Å². The molecule has 0 radical (unpaired) electrons. The molecule has 23 heavy (non-hydrogen) atoms. The highest BCUT2D eigenvalue weighted by Crippen LogP contribution is 2.32. The van der Waals surface area contributed by atoms with Gasteiger partial charge in [0.1, 0.15) is 11.0 Å². The maximum atomic E-state index is 12.5. The summed E-state index contributed by atoms with van der Waals surface area (Å²) in [6.45, 7) is 5.42. The number of thiophene rings is 1. The fraction of sp³-hybridized carbons (Fsp3) is 0.438. The molecular formula is C16H20N2O3S2. The maximum Gasteiger partial charge on any atom is 0.326 e. The largest absolute Gasteiger partial charge is 0.480 e. The van der Waals surface area contributed by atoms with Crippen LogP contribution in [-0.4, -0.2) is 28.0 Å². The predicted molar refractivity (Wildman–Crippen MR) is 92.9 cm³/mol. The van der Waals surface area contributed by atoms with Crippen LogP contribution in [0, 0.1) is 0 Å². The van der Waals surface area contributed by atoms with Crippen molar-refractivity contribution in [2.24, 2.45) is 0 Å². The molecule has 2 heterocycles. The number of aliphatic carboxylic acids is 1. The summed E-state index contributed by atoms with van der Waals surface area (Å²) in [4.78, 5) is 29.4. The fourth-order valence-electron chi connectivity index (χ4n) is 2.08. The van der Waals surface area contributed by atoms with Gasteiger partial charge in [-0.15, -0.1) is 22.7 Å². The van der Waals surface area contributed by atoms with Crippen LogP contribution in [0.3, 0.4) is 0 Å². The number of thiazole rings is 1. The summed E-state index contributed by atoms with van der Waals surface area (Å²) in [5.74, 6) is -1.32. The third kappa shape index (κ3) is 3.97. The number of carboxylic acids is 1. The van der Waals surface area contributed by atoms with Gasteiger partial charge < -0.3 is 10.4 Å². The average Bonchev–Trinajstić information content (AvgIpc) is 3.17. The lowest BCUT2D eigenvalue weighted by molar-refractivity contribution is -0.142. The smallest absolute Gasteiger partial charge is 0.326 e. The number of carbonyl (C=O) groups is 2. The van der Waals surface area contributed by atoms with E-state index in [-0.39, 0.29) is 5.91 Å². The molecule has 0 aliphatic rings. The Morgan fingerprint density at radius 3 is 2.70 bits per heavy atom. The van der Waals surface area contributed by atoms with Gasteiger partial charge in [0.25, 0.3) is 0 Å². The van der Waals surface area contributed by atoms with Crippen molar-refractivity contribution in [3.8, 4) is 9.88 Å². The maximum absolute atomic E-state index is 12.5. The quantitative estimate of drug-likeness (QED) is 0.799. The number of rotatable bonds is 7. The molecule has 1 amide bonds. The Balaban J connectivity index is 2.17. The van der Waals surface area contributed by atoms with Gasteiger partial charge in [0.15, 0.2) is 0 Å². The summed E-state index contributed by atoms with van der Waals surface area (Å²) >= 11 is 3.09. The zero-order chi connectivity index (χ0) is 17.0. The van der Waals surface area contributed by atoms with Gasteiger partial charge >= 0.3 is 5.97 Å². The Morgan fingerprint density at radius 2 is 2.13 bits per heavy atom. The molecular weight excluding hydrogens is 332 g/mol. The number of carboxylic acid groups (broad SMARTS) is 1. The van der Waals surface area contributed by atoms with Crippen LogP contribution in [0.1, 0.15) is 39.3 Å². The lowest BCUT2D eigenvalue weighted by atomic mass is 9.88. The summed E-state index contributed by atoms with van der Waals surface area (Å²) in [6, 6.07) is 3.09. The Kier molecular flexibility index (Phi) is 5.54. The highest BCUT2D eigenvalue weighted by atomic mass is 32.1. The minimum Gasteiger partial charge on any atom is -0.480 e. The molecule has 0 fully saturated rings. The fourth-order valence-corrected chi connectivity index (χ4v) is 3.88. The third-order valence-electron chi connectivity index (χ3n) is 3.62. The van der Waals surface area contributed by atoms with E-state index in [4.69, 9.17) is 0 Å². The molecule has 0 spiro atoms. The number of hydrogen-bond donors (Lipinski definition) is 2. The molecule has 1 unspecified atom stereocenters. The van der Waals surface area contributed by atoms with E-state index < -0.39 is 17.4 Å². The van der Waals surface area contributed by atoms with Crippen molar-refractivity contribution in [3.63, 3.8) is 0 Å². The van der Waals surface area contributed by atoms with Crippen LogP contribution in [0.25, 0.3) is 9.88 Å². The normalized spacial score (nSPS) is 12.8. The predicted octanol–water partition coefficient (Wildman–Crippen LogP) is 3.52. The van der Waals surface area contributed by atoms with Gasteiger partial charge in [-0.05, 0) is 31.7 Å². The first kappa shape index (κ1) is 17.6. The highest BCUT2D eigenvalue weighted by molar-refractivity contribution is 7.20. The number of aromatic nitrogens is 1. The Bertz CT molecular complexity index is 677. The van der Waals surface area contributed by atoms with Crippen molar-refractivity contribution in [2.75, 3.05) is 0 Å². The molecule has 2 aromatic rings. The van der Waals surface area contributed by atoms with Crippen LogP contribution in [0.2, 0.25) is 0 Å². The summed E-state index contributed by atoms with van der Waals surface area (Å²) in [7, 11) is 0. The summed E-state index contributed by atoms with van der Waals surface area (Å²) in [6.07, 6.45) is 1.10. The lowest BCUT2D eigenvalue weighted by Crippen LogP contribution is -2.48. The zero-order valence-corrected chi connectivity index (χ0v) is 15.0. The van der Waals surface area contributed by atoms with Crippen molar-refractivity contribution < 1.29 is 14.7 Å². The highest BCUT2D eigenvalue weighted by Gasteiger charge is 2.35. The van der Waals surface area contributed by atoms with E-state index in [2.05, 4.69) is 10.3 Å². The lowest BCUT2D eigenvalue weighted by Gasteiger charge is -2.24. The molecule has 0 bridgehead atoms. The molecule has 0 aliphatic heterocycles. The molecule has 0 aliphatic carbocycles. The first-order chi connectivity index (χ1) is 10.9. The number of nitrogens with zero attached hydrogens (tertiary/aromatic N) is 1. The minimum atomic E-state index is -1.01. The second-order valence-electron chi connectivity index (χ2n) is 5.79. The summed E-state index contributed by atoms with van der Waals surface area (Å²) in [5, 5.41) is 16.5. The molecule has 124 valence electrons. The minimum absolute atomic E-state index is 0.318. The van der Waals surface area contributed by atoms with E-state index in [1.165, 1.54) is 11.3 Å². The molecule has 0 saturated carbocycles. The van der Waals surface area contributed by atoms with Crippen LogP contribution >= 0.6 is 22.7 Å². The first-order valence-corrected chi connectivity index (χ1v) is 9.15. The number of carbonyl (C=O) groups excluding carboxylic acids is 1. The second-order valence-corrected chi connectivity index (χ2v) is 7.60. The molecule has 2 rings (SSSR count). The van der Waals surface area contributed by atoms with E-state index in [1.807, 2.05) is 29.8 Å². The SMILES string of the molecule is CCCC(NC(=O)C(C)(C)c1csc(-c2cccs2)n1)C(=O)O. The molecule has 2 aromatic heterocycles. The Labute approximate surface area is 143 Å². The molecule has 0 aromatic carbocycles. The van der Waals surface area contributed by atoms with Crippen molar-refractivity contribution in [3.05, 3.63) is 28.6 Å². The van der Waals surface area contributed by atoms with E-state index >= 15 is 0 Å². The van der Waals surface area contributed by atoms with Gasteiger partial charge in [-0.1, -0.05) is 19.4 Å². The molecule has 1 atom stereocenters. The zero-order valence-electron chi connectivity index (χ0n) is 13.3. The average molecular weight is 352 g/mol. The topological polar surface area (TPSA) is 79.3 Å². The van der Waals surface area contributed by atoms with Gasteiger partial charge in [-0.2, -0.15) is 0 Å². The van der Waals surface area contributed by atoms with Crippen molar-refractivity contribution >= 4 is 34.6 Å². The molecule has 7 heteroatoms. The molecule has 5 nitrogen and oxygen atoms in total.